The van der Waals surface area contributed by atoms with Crippen molar-refractivity contribution in [1.29, 1.82) is 0 Å². The molecular formula is C15H25N3O3S. The second kappa shape index (κ2) is 8.87. The first-order valence-corrected chi connectivity index (χ1v) is 9.08. The number of unbranched alkanes of at least 4 members (excludes halogenated alkanes) is 3. The quantitative estimate of drug-likeness (QED) is 0.599. The Morgan fingerprint density at radius 1 is 1.18 bits per heavy atom. The van der Waals surface area contributed by atoms with E-state index in [2.05, 4.69) is 5.32 Å². The first-order valence-electron chi connectivity index (χ1n) is 7.54. The first kappa shape index (κ1) is 18.6. The fourth-order valence-corrected chi connectivity index (χ4v) is 3.07. The third kappa shape index (κ3) is 6.13. The molecule has 0 atom stereocenters. The SMILES string of the molecule is CCc1ccc(NC(=O)CCCCCCN)cc1S(N)(=O)=O. The van der Waals surface area contributed by atoms with Crippen LogP contribution in [0.15, 0.2) is 23.1 Å². The van der Waals surface area contributed by atoms with Crippen LogP contribution in [0.25, 0.3) is 0 Å². The van der Waals surface area contributed by atoms with Gasteiger partial charge in [-0.15, -0.1) is 0 Å². The third-order valence-electron chi connectivity index (χ3n) is 3.40. The van der Waals surface area contributed by atoms with Crippen LogP contribution < -0.4 is 16.2 Å². The molecule has 0 aliphatic heterocycles. The number of hydrogen-bond donors (Lipinski definition) is 3. The molecule has 0 radical (unpaired) electrons. The van der Waals surface area contributed by atoms with Gasteiger partial charge in [0.15, 0.2) is 0 Å². The van der Waals surface area contributed by atoms with Crippen LogP contribution in [0.5, 0.6) is 0 Å². The van der Waals surface area contributed by atoms with Crippen LogP contribution >= 0.6 is 0 Å². The van der Waals surface area contributed by atoms with E-state index in [-0.39, 0.29) is 10.8 Å². The van der Waals surface area contributed by atoms with Gasteiger partial charge in [-0.3, -0.25) is 4.79 Å². The van der Waals surface area contributed by atoms with Crippen LogP contribution in [0.1, 0.15) is 44.6 Å². The molecule has 0 aliphatic rings. The van der Waals surface area contributed by atoms with Gasteiger partial charge in [-0.25, -0.2) is 13.6 Å². The Bertz CT molecular complexity index is 600. The predicted octanol–water partition coefficient (Wildman–Crippen LogP) is 1.74. The molecule has 0 fully saturated rings. The minimum atomic E-state index is -3.79. The minimum Gasteiger partial charge on any atom is -0.330 e. The van der Waals surface area contributed by atoms with Crippen molar-refractivity contribution >= 4 is 21.6 Å². The third-order valence-corrected chi connectivity index (χ3v) is 4.39. The van der Waals surface area contributed by atoms with Gasteiger partial charge in [-0.05, 0) is 43.5 Å². The van der Waals surface area contributed by atoms with Gasteiger partial charge in [0.2, 0.25) is 15.9 Å². The molecule has 0 aliphatic carbocycles. The summed E-state index contributed by atoms with van der Waals surface area (Å²) in [5.74, 6) is -0.127. The van der Waals surface area contributed by atoms with Gasteiger partial charge >= 0.3 is 0 Å². The number of hydrogen-bond acceptors (Lipinski definition) is 4. The summed E-state index contributed by atoms with van der Waals surface area (Å²) in [6.07, 6.45) is 4.71. The van der Waals surface area contributed by atoms with Crippen LogP contribution in [0.3, 0.4) is 0 Å². The smallest absolute Gasteiger partial charge is 0.238 e. The van der Waals surface area contributed by atoms with Crippen LogP contribution in [0.2, 0.25) is 0 Å². The summed E-state index contributed by atoms with van der Waals surface area (Å²) in [6, 6.07) is 4.79. The van der Waals surface area contributed by atoms with E-state index in [1.165, 1.54) is 6.07 Å². The molecule has 0 heterocycles. The highest BCUT2D eigenvalue weighted by Crippen LogP contribution is 2.20. The Kier molecular flexibility index (Phi) is 7.50. The molecule has 7 heteroatoms. The molecule has 0 saturated carbocycles. The molecule has 0 aromatic heterocycles. The second-order valence-electron chi connectivity index (χ2n) is 5.22. The molecule has 6 nitrogen and oxygen atoms in total. The second-order valence-corrected chi connectivity index (χ2v) is 6.75. The lowest BCUT2D eigenvalue weighted by Crippen LogP contribution is -2.16. The molecule has 5 N–H and O–H groups in total. The zero-order valence-corrected chi connectivity index (χ0v) is 13.8. The maximum Gasteiger partial charge on any atom is 0.238 e. The van der Waals surface area contributed by atoms with Gasteiger partial charge < -0.3 is 11.1 Å². The molecule has 0 saturated heterocycles. The van der Waals surface area contributed by atoms with Crippen LogP contribution in [-0.4, -0.2) is 20.9 Å². The average molecular weight is 327 g/mol. The van der Waals surface area contributed by atoms with E-state index in [0.29, 0.717) is 30.6 Å². The van der Waals surface area contributed by atoms with Crippen molar-refractivity contribution in [3.05, 3.63) is 23.8 Å². The summed E-state index contributed by atoms with van der Waals surface area (Å²) >= 11 is 0. The van der Waals surface area contributed by atoms with Gasteiger partial charge in [-0.1, -0.05) is 25.8 Å². The Morgan fingerprint density at radius 2 is 1.86 bits per heavy atom. The summed E-state index contributed by atoms with van der Waals surface area (Å²) in [5, 5.41) is 7.92. The molecule has 22 heavy (non-hydrogen) atoms. The minimum absolute atomic E-state index is 0.0655. The van der Waals surface area contributed by atoms with Crippen molar-refractivity contribution in [3.8, 4) is 0 Å². The highest BCUT2D eigenvalue weighted by atomic mass is 32.2. The lowest BCUT2D eigenvalue weighted by atomic mass is 10.1. The Balaban J connectivity index is 2.64. The monoisotopic (exact) mass is 327 g/mol. The fourth-order valence-electron chi connectivity index (χ4n) is 2.20. The molecule has 1 aromatic carbocycles. The number of amides is 1. The summed E-state index contributed by atoms with van der Waals surface area (Å²) in [5.41, 5.74) is 6.50. The molecule has 1 rings (SSSR count). The summed E-state index contributed by atoms with van der Waals surface area (Å²) in [7, 11) is -3.79. The van der Waals surface area contributed by atoms with E-state index < -0.39 is 10.0 Å². The largest absolute Gasteiger partial charge is 0.330 e. The van der Waals surface area contributed by atoms with E-state index in [0.717, 1.165) is 25.7 Å². The Morgan fingerprint density at radius 3 is 2.45 bits per heavy atom. The van der Waals surface area contributed by atoms with E-state index in [1.54, 1.807) is 12.1 Å². The van der Waals surface area contributed by atoms with E-state index in [4.69, 9.17) is 10.9 Å². The summed E-state index contributed by atoms with van der Waals surface area (Å²) in [6.45, 7) is 2.52. The Labute approximate surface area is 132 Å². The predicted molar refractivity (Wildman–Crippen MR) is 88.0 cm³/mol. The molecule has 0 spiro atoms. The zero-order valence-electron chi connectivity index (χ0n) is 13.0. The number of aryl methyl sites for hydroxylation is 1. The van der Waals surface area contributed by atoms with Gasteiger partial charge in [0.1, 0.15) is 0 Å². The van der Waals surface area contributed by atoms with E-state index >= 15 is 0 Å². The molecule has 0 unspecified atom stereocenters. The van der Waals surface area contributed by atoms with Crippen molar-refractivity contribution in [3.63, 3.8) is 0 Å². The molecule has 124 valence electrons. The lowest BCUT2D eigenvalue weighted by molar-refractivity contribution is -0.116. The Hall–Kier alpha value is -1.44. The molecular weight excluding hydrogens is 302 g/mol. The number of carbonyl (C=O) groups excluding carboxylic acids is 1. The number of nitrogens with two attached hydrogens (primary N) is 2. The topological polar surface area (TPSA) is 115 Å². The van der Waals surface area contributed by atoms with Crippen LogP contribution in [0.4, 0.5) is 5.69 Å². The van der Waals surface area contributed by atoms with Crippen molar-refractivity contribution < 1.29 is 13.2 Å². The summed E-state index contributed by atoms with van der Waals surface area (Å²) in [4.78, 5) is 11.9. The average Bonchev–Trinajstić information content (AvgIpc) is 2.46. The number of carbonyl (C=O) groups is 1. The van der Waals surface area contributed by atoms with Gasteiger partial charge in [0, 0.05) is 12.1 Å². The number of rotatable bonds is 9. The van der Waals surface area contributed by atoms with Crippen LogP contribution in [-0.2, 0) is 21.2 Å². The standard InChI is InChI=1S/C15H25N3O3S/c1-2-12-8-9-13(11-14(12)22(17,20)21)18-15(19)7-5-3-4-6-10-16/h8-9,11H,2-7,10,16H2,1H3,(H,18,19)(H2,17,20,21). The number of benzene rings is 1. The summed E-state index contributed by atoms with van der Waals surface area (Å²) < 4.78 is 23.2. The van der Waals surface area contributed by atoms with Gasteiger partial charge in [-0.2, -0.15) is 0 Å². The van der Waals surface area contributed by atoms with E-state index in [1.807, 2.05) is 6.92 Å². The van der Waals surface area contributed by atoms with Crippen molar-refractivity contribution in [2.24, 2.45) is 10.9 Å². The first-order chi connectivity index (χ1) is 10.4. The van der Waals surface area contributed by atoms with Crippen molar-refractivity contribution in [2.45, 2.75) is 50.3 Å². The van der Waals surface area contributed by atoms with E-state index in [9.17, 15) is 13.2 Å². The molecule has 1 aromatic rings. The number of primary sulfonamides is 1. The zero-order chi connectivity index (χ0) is 16.6. The highest BCUT2D eigenvalue weighted by molar-refractivity contribution is 7.89. The van der Waals surface area contributed by atoms with Gasteiger partial charge in [0.25, 0.3) is 0 Å². The number of anilines is 1. The van der Waals surface area contributed by atoms with Crippen LogP contribution in [0, 0.1) is 0 Å². The molecule has 1 amide bonds. The van der Waals surface area contributed by atoms with Crippen molar-refractivity contribution in [2.75, 3.05) is 11.9 Å². The lowest BCUT2D eigenvalue weighted by Gasteiger charge is -2.10. The number of nitrogens with one attached hydrogen (secondary N) is 1. The maximum absolute atomic E-state index is 11.8. The fraction of sp³-hybridized carbons (Fsp3) is 0.533. The normalized spacial score (nSPS) is 11.4. The van der Waals surface area contributed by atoms with Crippen molar-refractivity contribution in [1.82, 2.24) is 0 Å². The number of sulfonamides is 1. The maximum atomic E-state index is 11.8. The van der Waals surface area contributed by atoms with Gasteiger partial charge in [0.05, 0.1) is 4.90 Å². The highest BCUT2D eigenvalue weighted by Gasteiger charge is 2.14. The molecule has 0 bridgehead atoms.